The number of hydrogen-bond donors (Lipinski definition) is 2. The number of hydrogen-bond acceptors (Lipinski definition) is 4. The second-order valence-corrected chi connectivity index (χ2v) is 4.84. The number of aromatic nitrogens is 1. The highest BCUT2D eigenvalue weighted by Gasteiger charge is 2.30. The molecule has 1 saturated heterocycles. The Morgan fingerprint density at radius 1 is 1.68 bits per heavy atom. The number of halogens is 1. The Balaban J connectivity index is 2.08. The van der Waals surface area contributed by atoms with E-state index in [2.05, 4.69) is 10.3 Å². The maximum absolute atomic E-state index is 12.0. The molecule has 7 heteroatoms. The van der Waals surface area contributed by atoms with Gasteiger partial charge in [0.15, 0.2) is 0 Å². The van der Waals surface area contributed by atoms with Gasteiger partial charge in [-0.05, 0) is 12.5 Å². The maximum Gasteiger partial charge on any atom is 0.253 e. The number of nitrogens with one attached hydrogen (secondary N) is 1. The summed E-state index contributed by atoms with van der Waals surface area (Å²) in [5.74, 6) is -0.433. The molecule has 1 fully saturated rings. The molecule has 6 nitrogen and oxygen atoms in total. The summed E-state index contributed by atoms with van der Waals surface area (Å²) in [5, 5.41) is 3.03. The van der Waals surface area contributed by atoms with Crippen LogP contribution >= 0.6 is 11.6 Å². The minimum atomic E-state index is -0.467. The Kier molecular flexibility index (Phi) is 4.01. The molecule has 1 aliphatic heterocycles. The Bertz CT molecular complexity index is 520. The third-order valence-corrected chi connectivity index (χ3v) is 3.43. The summed E-state index contributed by atoms with van der Waals surface area (Å²) in [6, 6.07) is 1.04. The van der Waals surface area contributed by atoms with Crippen molar-refractivity contribution in [2.24, 2.45) is 5.73 Å². The molecule has 3 N–H and O–H groups in total. The van der Waals surface area contributed by atoms with Crippen LogP contribution in [0, 0.1) is 0 Å². The lowest BCUT2D eigenvalue weighted by Gasteiger charge is -2.12. The van der Waals surface area contributed by atoms with E-state index in [1.807, 2.05) is 0 Å². The van der Waals surface area contributed by atoms with Gasteiger partial charge in [0.05, 0.1) is 16.3 Å². The third-order valence-electron chi connectivity index (χ3n) is 3.11. The lowest BCUT2D eigenvalue weighted by Crippen LogP contribution is -2.40. The van der Waals surface area contributed by atoms with Gasteiger partial charge in [-0.15, -0.1) is 0 Å². The highest BCUT2D eigenvalue weighted by molar-refractivity contribution is 6.31. The average Bonchev–Trinajstić information content (AvgIpc) is 2.70. The Labute approximate surface area is 115 Å². The highest BCUT2D eigenvalue weighted by Crippen LogP contribution is 2.15. The lowest BCUT2D eigenvalue weighted by atomic mass is 10.2. The van der Waals surface area contributed by atoms with Crippen LogP contribution in [-0.4, -0.2) is 41.3 Å². The molecule has 0 radical (unpaired) electrons. The number of likely N-dealkylation sites (N-methyl/N-ethyl adjacent to an activating group) is 1. The SMILES string of the molecule is CN1CC[C@@H](NC(=O)c2cnc(CN)c(Cl)c2)C1=O. The van der Waals surface area contributed by atoms with Gasteiger partial charge < -0.3 is 16.0 Å². The topological polar surface area (TPSA) is 88.3 Å². The van der Waals surface area contributed by atoms with Crippen molar-refractivity contribution in [2.45, 2.75) is 19.0 Å². The van der Waals surface area contributed by atoms with Crippen LogP contribution in [0.1, 0.15) is 22.5 Å². The zero-order valence-corrected chi connectivity index (χ0v) is 11.3. The summed E-state index contributed by atoms with van der Waals surface area (Å²) >= 11 is 5.94. The van der Waals surface area contributed by atoms with Crippen molar-refractivity contribution in [3.8, 4) is 0 Å². The smallest absolute Gasteiger partial charge is 0.253 e. The highest BCUT2D eigenvalue weighted by atomic mass is 35.5. The minimum Gasteiger partial charge on any atom is -0.344 e. The zero-order chi connectivity index (χ0) is 14.0. The molecule has 0 spiro atoms. The normalized spacial score (nSPS) is 18.8. The summed E-state index contributed by atoms with van der Waals surface area (Å²) in [6.07, 6.45) is 2.02. The van der Waals surface area contributed by atoms with E-state index in [1.165, 1.54) is 12.3 Å². The van der Waals surface area contributed by atoms with Crippen LogP contribution in [0.4, 0.5) is 0 Å². The van der Waals surface area contributed by atoms with Crippen LogP contribution in [0.25, 0.3) is 0 Å². The fourth-order valence-corrected chi connectivity index (χ4v) is 2.18. The molecular weight excluding hydrogens is 268 g/mol. The van der Waals surface area contributed by atoms with Crippen molar-refractivity contribution in [3.05, 3.63) is 28.5 Å². The molecule has 2 amide bonds. The van der Waals surface area contributed by atoms with E-state index in [0.717, 1.165) is 0 Å². The number of likely N-dealkylation sites (tertiary alicyclic amines) is 1. The molecule has 0 bridgehead atoms. The van der Waals surface area contributed by atoms with Crippen LogP contribution in [-0.2, 0) is 11.3 Å². The van der Waals surface area contributed by atoms with Gasteiger partial charge in [-0.3, -0.25) is 14.6 Å². The van der Waals surface area contributed by atoms with Crippen LogP contribution < -0.4 is 11.1 Å². The predicted octanol–water partition coefficient (Wildman–Crippen LogP) is 0.154. The van der Waals surface area contributed by atoms with E-state index in [-0.39, 0.29) is 18.4 Å². The van der Waals surface area contributed by atoms with Gasteiger partial charge in [-0.25, -0.2) is 0 Å². The van der Waals surface area contributed by atoms with Crippen LogP contribution in [0.3, 0.4) is 0 Å². The van der Waals surface area contributed by atoms with Crippen molar-refractivity contribution in [3.63, 3.8) is 0 Å². The molecule has 1 atom stereocenters. The number of amides is 2. The number of carbonyl (C=O) groups excluding carboxylic acids is 2. The predicted molar refractivity (Wildman–Crippen MR) is 70.6 cm³/mol. The largest absolute Gasteiger partial charge is 0.344 e. The second kappa shape index (κ2) is 5.54. The molecule has 0 aliphatic carbocycles. The quantitative estimate of drug-likeness (QED) is 0.826. The van der Waals surface area contributed by atoms with Gasteiger partial charge in [-0.1, -0.05) is 11.6 Å². The molecule has 1 aromatic rings. The lowest BCUT2D eigenvalue weighted by molar-refractivity contribution is -0.128. The van der Waals surface area contributed by atoms with Crippen molar-refractivity contribution in [1.29, 1.82) is 0 Å². The first-order valence-corrected chi connectivity index (χ1v) is 6.31. The van der Waals surface area contributed by atoms with E-state index in [4.69, 9.17) is 17.3 Å². The summed E-state index contributed by atoms with van der Waals surface area (Å²) in [6.45, 7) is 0.863. The minimum absolute atomic E-state index is 0.0778. The summed E-state index contributed by atoms with van der Waals surface area (Å²) in [5.41, 5.74) is 6.31. The molecular formula is C12H15ClN4O2. The molecule has 0 unspecified atom stereocenters. The molecule has 2 rings (SSSR count). The first-order chi connectivity index (χ1) is 9.02. The molecule has 1 aromatic heterocycles. The first kappa shape index (κ1) is 13.8. The fraction of sp³-hybridized carbons (Fsp3) is 0.417. The number of carbonyl (C=O) groups is 2. The van der Waals surface area contributed by atoms with Gasteiger partial charge in [0.2, 0.25) is 5.91 Å². The summed E-state index contributed by atoms with van der Waals surface area (Å²) in [7, 11) is 1.71. The van der Waals surface area contributed by atoms with E-state index >= 15 is 0 Å². The van der Waals surface area contributed by atoms with Crippen molar-refractivity contribution < 1.29 is 9.59 Å². The van der Waals surface area contributed by atoms with E-state index in [1.54, 1.807) is 11.9 Å². The van der Waals surface area contributed by atoms with Crippen LogP contribution in [0.5, 0.6) is 0 Å². The Hall–Kier alpha value is -1.66. The average molecular weight is 283 g/mol. The van der Waals surface area contributed by atoms with Crippen molar-refractivity contribution in [2.75, 3.05) is 13.6 Å². The van der Waals surface area contributed by atoms with E-state index < -0.39 is 6.04 Å². The Morgan fingerprint density at radius 3 is 2.95 bits per heavy atom. The zero-order valence-electron chi connectivity index (χ0n) is 10.5. The molecule has 2 heterocycles. The first-order valence-electron chi connectivity index (χ1n) is 5.93. The number of nitrogens with two attached hydrogens (primary N) is 1. The number of nitrogens with zero attached hydrogens (tertiary/aromatic N) is 2. The molecule has 1 aliphatic rings. The van der Waals surface area contributed by atoms with E-state index in [9.17, 15) is 9.59 Å². The van der Waals surface area contributed by atoms with Crippen molar-refractivity contribution in [1.82, 2.24) is 15.2 Å². The van der Waals surface area contributed by atoms with Gasteiger partial charge in [-0.2, -0.15) is 0 Å². The third kappa shape index (κ3) is 2.85. The van der Waals surface area contributed by atoms with E-state index in [0.29, 0.717) is 29.2 Å². The van der Waals surface area contributed by atoms with Crippen LogP contribution in [0.2, 0.25) is 5.02 Å². The van der Waals surface area contributed by atoms with Gasteiger partial charge in [0, 0.05) is 26.3 Å². The standard InChI is InChI=1S/C12H15ClN4O2/c1-17-3-2-9(12(17)19)16-11(18)7-4-8(13)10(5-14)15-6-7/h4,6,9H,2-3,5,14H2,1H3,(H,16,18)/t9-/m1/s1. The van der Waals surface area contributed by atoms with Gasteiger partial charge >= 0.3 is 0 Å². The monoisotopic (exact) mass is 282 g/mol. The molecule has 0 saturated carbocycles. The molecule has 102 valence electrons. The fourth-order valence-electron chi connectivity index (χ4n) is 1.94. The van der Waals surface area contributed by atoms with Gasteiger partial charge in [0.1, 0.15) is 6.04 Å². The summed E-state index contributed by atoms with van der Waals surface area (Å²) < 4.78 is 0. The van der Waals surface area contributed by atoms with Crippen LogP contribution in [0.15, 0.2) is 12.3 Å². The van der Waals surface area contributed by atoms with Crippen molar-refractivity contribution >= 4 is 23.4 Å². The maximum atomic E-state index is 12.0. The van der Waals surface area contributed by atoms with Gasteiger partial charge in [0.25, 0.3) is 5.91 Å². The number of pyridine rings is 1. The Morgan fingerprint density at radius 2 is 2.42 bits per heavy atom. The number of rotatable bonds is 3. The second-order valence-electron chi connectivity index (χ2n) is 4.43. The molecule has 0 aromatic carbocycles. The molecule has 19 heavy (non-hydrogen) atoms. The summed E-state index contributed by atoms with van der Waals surface area (Å²) in [4.78, 5) is 29.3.